The van der Waals surface area contributed by atoms with Gasteiger partial charge in [0.15, 0.2) is 0 Å². The Morgan fingerprint density at radius 2 is 2.18 bits per heavy atom. The lowest BCUT2D eigenvalue weighted by Gasteiger charge is -2.50. The number of hydrogen-bond donors (Lipinski definition) is 2. The summed E-state index contributed by atoms with van der Waals surface area (Å²) in [7, 11) is 0. The number of nitrogens with zero attached hydrogens (tertiary/aromatic N) is 1. The summed E-state index contributed by atoms with van der Waals surface area (Å²) >= 11 is 0. The molecule has 3 heterocycles. The molecule has 3 aliphatic rings. The van der Waals surface area contributed by atoms with Crippen molar-refractivity contribution >= 4 is 23.5 Å². The van der Waals surface area contributed by atoms with Gasteiger partial charge in [-0.05, 0) is 12.0 Å². The van der Waals surface area contributed by atoms with Gasteiger partial charge in [-0.25, -0.2) is 9.79 Å². The smallest absolute Gasteiger partial charge is 0.346 e. The molecule has 3 aliphatic heterocycles. The topological polar surface area (TPSA) is 95.3 Å². The van der Waals surface area contributed by atoms with Crippen LogP contribution < -0.4 is 15.3 Å². The van der Waals surface area contributed by atoms with E-state index >= 15 is 0 Å². The first-order valence-corrected chi connectivity index (χ1v) is 7.26. The van der Waals surface area contributed by atoms with E-state index in [1.54, 1.807) is 0 Å². The Labute approximate surface area is 126 Å². The highest BCUT2D eigenvalue weighted by Gasteiger charge is 2.58. The van der Waals surface area contributed by atoms with Crippen molar-refractivity contribution < 1.29 is 24.3 Å². The molecule has 7 nitrogen and oxygen atoms in total. The Balaban J connectivity index is 1.92. The van der Waals surface area contributed by atoms with Crippen LogP contribution in [0.1, 0.15) is 5.56 Å². The second kappa shape index (κ2) is 4.62. The number of carbonyl (C=O) groups excluding carboxylic acids is 2. The SMILES string of the molecule is O=C1N=C([O-])C2(Cc3ccccc3[NH+]3CCOCC32)C(=O)N1. The van der Waals surface area contributed by atoms with Crippen molar-refractivity contribution in [3.05, 3.63) is 29.8 Å². The number of aliphatic imine (C=N–C) groups is 1. The standard InChI is InChI=1S/C15H15N3O4/c19-12-15(13(20)17-14(21)16-12)7-9-3-1-2-4-10(9)18-5-6-22-8-11(15)18/h1-4,11H,5-8H2,(H2,16,17,19,20,21). The molecule has 1 saturated heterocycles. The van der Waals surface area contributed by atoms with E-state index in [1.165, 1.54) is 0 Å². The van der Waals surface area contributed by atoms with Crippen LogP contribution in [0, 0.1) is 5.41 Å². The second-order valence-electron chi connectivity index (χ2n) is 5.88. The zero-order valence-corrected chi connectivity index (χ0v) is 11.8. The third-order valence-corrected chi connectivity index (χ3v) is 4.86. The maximum Gasteiger partial charge on any atom is 0.346 e. The number of morpholine rings is 1. The number of nitrogens with one attached hydrogen (secondary N) is 2. The van der Waals surface area contributed by atoms with Crippen LogP contribution in [-0.2, 0) is 16.0 Å². The second-order valence-corrected chi connectivity index (χ2v) is 5.88. The highest BCUT2D eigenvalue weighted by atomic mass is 16.5. The van der Waals surface area contributed by atoms with Gasteiger partial charge in [-0.3, -0.25) is 15.0 Å². The van der Waals surface area contributed by atoms with Gasteiger partial charge < -0.3 is 9.84 Å². The van der Waals surface area contributed by atoms with E-state index < -0.39 is 23.3 Å². The molecule has 2 N–H and O–H groups in total. The summed E-state index contributed by atoms with van der Waals surface area (Å²) in [4.78, 5) is 28.5. The number of amides is 3. The van der Waals surface area contributed by atoms with Gasteiger partial charge in [0.2, 0.25) is 5.91 Å². The Morgan fingerprint density at radius 3 is 3.00 bits per heavy atom. The predicted molar refractivity (Wildman–Crippen MR) is 73.6 cm³/mol. The van der Waals surface area contributed by atoms with Crippen LogP contribution in [0.25, 0.3) is 0 Å². The van der Waals surface area contributed by atoms with Crippen molar-refractivity contribution in [2.45, 2.75) is 12.5 Å². The van der Waals surface area contributed by atoms with Gasteiger partial charge in [-0.15, -0.1) is 0 Å². The molecule has 0 aliphatic carbocycles. The quantitative estimate of drug-likeness (QED) is 0.588. The summed E-state index contributed by atoms with van der Waals surface area (Å²) in [5.41, 5.74) is 0.695. The van der Waals surface area contributed by atoms with E-state index in [4.69, 9.17) is 4.74 Å². The summed E-state index contributed by atoms with van der Waals surface area (Å²) in [6, 6.07) is 6.54. The zero-order chi connectivity index (χ0) is 15.3. The molecule has 0 aromatic heterocycles. The van der Waals surface area contributed by atoms with Gasteiger partial charge in [0.25, 0.3) is 0 Å². The number of rotatable bonds is 0. The van der Waals surface area contributed by atoms with Crippen LogP contribution in [0.15, 0.2) is 29.3 Å². The van der Waals surface area contributed by atoms with Gasteiger partial charge in [-0.2, -0.15) is 0 Å². The summed E-state index contributed by atoms with van der Waals surface area (Å²) in [5.74, 6) is -1.20. The number of ether oxygens (including phenoxy) is 1. The van der Waals surface area contributed by atoms with Gasteiger partial charge in [0, 0.05) is 12.0 Å². The lowest BCUT2D eigenvalue weighted by atomic mass is 9.69. The molecular formula is C15H15N3O4. The van der Waals surface area contributed by atoms with Crippen LogP contribution in [0.3, 0.4) is 0 Å². The monoisotopic (exact) mass is 301 g/mol. The molecule has 22 heavy (non-hydrogen) atoms. The third kappa shape index (κ3) is 1.66. The van der Waals surface area contributed by atoms with Gasteiger partial charge in [0.1, 0.15) is 30.3 Å². The number of urea groups is 1. The molecular weight excluding hydrogens is 286 g/mol. The van der Waals surface area contributed by atoms with Crippen molar-refractivity contribution in [3.63, 3.8) is 0 Å². The van der Waals surface area contributed by atoms with Gasteiger partial charge in [-0.1, -0.05) is 18.2 Å². The fourth-order valence-electron chi connectivity index (χ4n) is 3.82. The average molecular weight is 301 g/mol. The molecule has 3 amide bonds. The predicted octanol–water partition coefficient (Wildman–Crippen LogP) is -1.85. The number of benzene rings is 1. The molecule has 0 bridgehead atoms. The summed E-state index contributed by atoms with van der Waals surface area (Å²) in [6.45, 7) is 1.55. The first-order valence-electron chi connectivity index (χ1n) is 7.26. The van der Waals surface area contributed by atoms with Crippen molar-refractivity contribution in [3.8, 4) is 0 Å². The van der Waals surface area contributed by atoms with Crippen LogP contribution in [0.5, 0.6) is 0 Å². The minimum absolute atomic E-state index is 0.252. The maximum absolute atomic E-state index is 12.6. The van der Waals surface area contributed by atoms with Gasteiger partial charge in [0.05, 0.1) is 6.61 Å². The van der Waals surface area contributed by atoms with E-state index in [9.17, 15) is 14.7 Å². The number of hydrogen-bond acceptors (Lipinski definition) is 4. The van der Waals surface area contributed by atoms with Gasteiger partial charge >= 0.3 is 6.03 Å². The number of quaternary nitrogens is 1. The van der Waals surface area contributed by atoms with E-state index in [-0.39, 0.29) is 12.5 Å². The lowest BCUT2D eigenvalue weighted by molar-refractivity contribution is -0.879. The third-order valence-electron chi connectivity index (χ3n) is 4.86. The van der Waals surface area contributed by atoms with Crippen molar-refractivity contribution in [2.24, 2.45) is 10.4 Å². The number of para-hydroxylation sites is 1. The highest BCUT2D eigenvalue weighted by Crippen LogP contribution is 2.36. The molecule has 4 rings (SSSR count). The van der Waals surface area contributed by atoms with E-state index in [0.29, 0.717) is 19.8 Å². The summed E-state index contributed by atoms with van der Waals surface area (Å²) in [6.07, 6.45) is 0.252. The van der Waals surface area contributed by atoms with E-state index in [0.717, 1.165) is 16.2 Å². The summed E-state index contributed by atoms with van der Waals surface area (Å²) in [5, 5.41) is 14.7. The van der Waals surface area contributed by atoms with Crippen molar-refractivity contribution in [1.29, 1.82) is 0 Å². The van der Waals surface area contributed by atoms with Crippen molar-refractivity contribution in [2.75, 3.05) is 19.8 Å². The molecule has 3 atom stereocenters. The normalized spacial score (nSPS) is 33.7. The Hall–Kier alpha value is -2.25. The lowest BCUT2D eigenvalue weighted by Crippen LogP contribution is -3.17. The molecule has 1 aromatic rings. The van der Waals surface area contributed by atoms with Crippen LogP contribution >= 0.6 is 0 Å². The molecule has 1 fully saturated rings. The fraction of sp³-hybridized carbons (Fsp3) is 0.400. The Bertz CT molecular complexity index is 702. The first kappa shape index (κ1) is 13.4. The number of carbonyl (C=O) groups is 2. The number of imide groups is 1. The minimum Gasteiger partial charge on any atom is -0.861 e. The first-order chi connectivity index (χ1) is 10.6. The minimum atomic E-state index is -1.35. The Kier molecular flexibility index (Phi) is 2.82. The molecule has 7 heteroatoms. The largest absolute Gasteiger partial charge is 0.861 e. The fourth-order valence-corrected chi connectivity index (χ4v) is 3.82. The molecule has 3 unspecified atom stereocenters. The van der Waals surface area contributed by atoms with Crippen LogP contribution in [0.2, 0.25) is 0 Å². The maximum atomic E-state index is 12.6. The zero-order valence-electron chi connectivity index (χ0n) is 11.8. The van der Waals surface area contributed by atoms with Crippen molar-refractivity contribution in [1.82, 2.24) is 5.32 Å². The summed E-state index contributed by atoms with van der Waals surface area (Å²) < 4.78 is 5.53. The molecule has 0 radical (unpaired) electrons. The van der Waals surface area contributed by atoms with Crippen LogP contribution in [0.4, 0.5) is 10.5 Å². The van der Waals surface area contributed by atoms with E-state index in [2.05, 4.69) is 10.3 Å². The van der Waals surface area contributed by atoms with Crippen LogP contribution in [-0.4, -0.2) is 43.6 Å². The number of fused-ring (bicyclic) bond motifs is 4. The molecule has 1 spiro atoms. The average Bonchev–Trinajstić information content (AvgIpc) is 2.52. The van der Waals surface area contributed by atoms with E-state index in [1.807, 2.05) is 24.3 Å². The molecule has 1 aromatic carbocycles. The molecule has 114 valence electrons. The molecule has 0 saturated carbocycles. The highest BCUT2D eigenvalue weighted by molar-refractivity contribution is 6.16. The Morgan fingerprint density at radius 1 is 1.36 bits per heavy atom.